The molecular formula is C13H27B. The molecule has 0 saturated carbocycles. The lowest BCUT2D eigenvalue weighted by atomic mass is 9.57. The van der Waals surface area contributed by atoms with Gasteiger partial charge in [-0.05, 0) is 16.7 Å². The summed E-state index contributed by atoms with van der Waals surface area (Å²) in [5.41, 5.74) is 0.658. The summed E-state index contributed by atoms with van der Waals surface area (Å²) >= 11 is 0. The van der Waals surface area contributed by atoms with E-state index in [9.17, 15) is 0 Å². The zero-order valence-corrected chi connectivity index (χ0v) is 11.4. The summed E-state index contributed by atoms with van der Waals surface area (Å²) in [6, 6.07) is 0. The van der Waals surface area contributed by atoms with Gasteiger partial charge >= 0.3 is 0 Å². The van der Waals surface area contributed by atoms with Crippen LogP contribution in [0.15, 0.2) is 0 Å². The topological polar surface area (TPSA) is 0 Å². The van der Waals surface area contributed by atoms with Crippen LogP contribution in [0.1, 0.15) is 61.8 Å². The highest BCUT2D eigenvalue weighted by Crippen LogP contribution is 2.47. The molecular weight excluding hydrogens is 167 g/mol. The van der Waals surface area contributed by atoms with Crippen molar-refractivity contribution in [3.05, 3.63) is 0 Å². The molecule has 0 spiro atoms. The molecule has 0 saturated heterocycles. The van der Waals surface area contributed by atoms with Crippen molar-refractivity contribution in [2.45, 2.75) is 67.1 Å². The average molecular weight is 194 g/mol. The van der Waals surface area contributed by atoms with E-state index >= 15 is 0 Å². The van der Waals surface area contributed by atoms with Gasteiger partial charge in [0.05, 0.1) is 7.85 Å². The molecule has 0 aliphatic heterocycles. The molecule has 2 radical (unpaired) electrons. The summed E-state index contributed by atoms with van der Waals surface area (Å²) in [5.74, 6) is 0.665. The predicted octanol–water partition coefficient (Wildman–Crippen LogP) is 4.45. The van der Waals surface area contributed by atoms with E-state index in [1.54, 1.807) is 0 Å². The lowest BCUT2D eigenvalue weighted by molar-refractivity contribution is 0.0853. The van der Waals surface area contributed by atoms with Crippen molar-refractivity contribution < 1.29 is 0 Å². The van der Waals surface area contributed by atoms with Gasteiger partial charge in [-0.25, -0.2) is 0 Å². The first-order chi connectivity index (χ1) is 5.86. The van der Waals surface area contributed by atoms with E-state index in [0.717, 1.165) is 6.42 Å². The summed E-state index contributed by atoms with van der Waals surface area (Å²) < 4.78 is 0. The minimum Gasteiger partial charge on any atom is -0.0711 e. The molecule has 0 bridgehead atoms. The molecule has 1 atom stereocenters. The van der Waals surface area contributed by atoms with Gasteiger partial charge in [-0.1, -0.05) is 67.1 Å². The van der Waals surface area contributed by atoms with Crippen molar-refractivity contribution in [1.82, 2.24) is 0 Å². The van der Waals surface area contributed by atoms with Crippen LogP contribution in [0.25, 0.3) is 0 Å². The quantitative estimate of drug-likeness (QED) is 0.582. The van der Waals surface area contributed by atoms with Crippen LogP contribution in [0.5, 0.6) is 0 Å². The van der Waals surface area contributed by atoms with Gasteiger partial charge in [0.25, 0.3) is 0 Å². The molecule has 0 aliphatic rings. The molecule has 0 aromatic rings. The molecule has 0 nitrogen and oxygen atoms in total. The van der Waals surface area contributed by atoms with Crippen molar-refractivity contribution in [1.29, 1.82) is 0 Å². The third-order valence-electron chi connectivity index (χ3n) is 3.38. The molecule has 0 aliphatic carbocycles. The van der Waals surface area contributed by atoms with Gasteiger partial charge in [0.1, 0.15) is 0 Å². The lowest BCUT2D eigenvalue weighted by Crippen LogP contribution is -2.34. The van der Waals surface area contributed by atoms with Crippen molar-refractivity contribution in [3.63, 3.8) is 0 Å². The second kappa shape index (κ2) is 3.91. The first kappa shape index (κ1) is 14.1. The molecule has 0 amide bonds. The lowest BCUT2D eigenvalue weighted by Gasteiger charge is -2.44. The number of hydrogen-bond acceptors (Lipinski definition) is 0. The highest BCUT2D eigenvalue weighted by Gasteiger charge is 2.36. The molecule has 0 aromatic heterocycles. The zero-order chi connectivity index (χ0) is 11.8. The fraction of sp³-hybridized carbons (Fsp3) is 1.00. The monoisotopic (exact) mass is 194 g/mol. The SMILES string of the molecule is [B]C(C)(C)CC(C)(C)C(C)C(C)(C)C. The van der Waals surface area contributed by atoms with Crippen LogP contribution in [-0.2, 0) is 0 Å². The Morgan fingerprint density at radius 3 is 1.50 bits per heavy atom. The third-order valence-corrected chi connectivity index (χ3v) is 3.38. The maximum atomic E-state index is 6.10. The van der Waals surface area contributed by atoms with Gasteiger partial charge in [0, 0.05) is 0 Å². The zero-order valence-electron chi connectivity index (χ0n) is 11.4. The molecule has 0 rings (SSSR count). The molecule has 1 heteroatoms. The maximum Gasteiger partial charge on any atom is 0.0739 e. The first-order valence-corrected chi connectivity index (χ1v) is 5.65. The van der Waals surface area contributed by atoms with Crippen LogP contribution in [0.4, 0.5) is 0 Å². The van der Waals surface area contributed by atoms with Crippen molar-refractivity contribution >= 4 is 7.85 Å². The van der Waals surface area contributed by atoms with Crippen molar-refractivity contribution in [3.8, 4) is 0 Å². The Balaban J connectivity index is 4.63. The summed E-state index contributed by atoms with van der Waals surface area (Å²) in [5, 5.41) is -0.0665. The Bertz CT molecular complexity index is 178. The van der Waals surface area contributed by atoms with Gasteiger partial charge in [-0.15, -0.1) is 0 Å². The fourth-order valence-corrected chi connectivity index (χ4v) is 2.50. The van der Waals surface area contributed by atoms with E-state index in [4.69, 9.17) is 7.85 Å². The van der Waals surface area contributed by atoms with Gasteiger partial charge < -0.3 is 0 Å². The van der Waals surface area contributed by atoms with E-state index < -0.39 is 0 Å². The van der Waals surface area contributed by atoms with E-state index in [0.29, 0.717) is 16.7 Å². The Hall–Kier alpha value is 0.0649. The molecule has 14 heavy (non-hydrogen) atoms. The molecule has 0 heterocycles. The van der Waals surface area contributed by atoms with E-state index in [-0.39, 0.29) is 5.31 Å². The maximum absolute atomic E-state index is 6.10. The van der Waals surface area contributed by atoms with Crippen molar-refractivity contribution in [2.24, 2.45) is 16.7 Å². The minimum atomic E-state index is -0.0665. The fourth-order valence-electron chi connectivity index (χ4n) is 2.50. The standard InChI is InChI=1S/C13H27B/c1-10(11(2,3)4)12(5,6)9-13(7,8)14/h10H,9H2,1-8H3. The number of rotatable bonds is 3. The molecule has 82 valence electrons. The Morgan fingerprint density at radius 1 is 0.929 bits per heavy atom. The Kier molecular flexibility index (Phi) is 3.92. The number of hydrogen-bond donors (Lipinski definition) is 0. The van der Waals surface area contributed by atoms with Crippen LogP contribution in [0, 0.1) is 16.7 Å². The molecule has 1 unspecified atom stereocenters. The average Bonchev–Trinajstić information content (AvgIpc) is 1.78. The normalized spacial score (nSPS) is 16.9. The van der Waals surface area contributed by atoms with E-state index in [1.165, 1.54) is 0 Å². The van der Waals surface area contributed by atoms with Gasteiger partial charge in [0.2, 0.25) is 0 Å². The van der Waals surface area contributed by atoms with Gasteiger partial charge in [-0.2, -0.15) is 0 Å². The summed E-state index contributed by atoms with van der Waals surface area (Å²) in [6.07, 6.45) is 1.07. The van der Waals surface area contributed by atoms with E-state index in [2.05, 4.69) is 55.4 Å². The highest BCUT2D eigenvalue weighted by molar-refractivity contribution is 6.14. The smallest absolute Gasteiger partial charge is 0.0711 e. The predicted molar refractivity (Wildman–Crippen MR) is 66.8 cm³/mol. The van der Waals surface area contributed by atoms with Crippen LogP contribution in [0.3, 0.4) is 0 Å². The Labute approximate surface area is 92.3 Å². The molecule has 0 N–H and O–H groups in total. The van der Waals surface area contributed by atoms with Crippen LogP contribution in [0.2, 0.25) is 5.31 Å². The Morgan fingerprint density at radius 2 is 1.29 bits per heavy atom. The van der Waals surface area contributed by atoms with E-state index in [1.807, 2.05) is 0 Å². The minimum absolute atomic E-state index is 0.0665. The van der Waals surface area contributed by atoms with Crippen molar-refractivity contribution in [2.75, 3.05) is 0 Å². The summed E-state index contributed by atoms with van der Waals surface area (Å²) in [7, 11) is 6.10. The first-order valence-electron chi connectivity index (χ1n) is 5.65. The summed E-state index contributed by atoms with van der Waals surface area (Å²) in [6.45, 7) is 18.2. The third kappa shape index (κ3) is 4.53. The molecule has 0 fully saturated rings. The summed E-state index contributed by atoms with van der Waals surface area (Å²) in [4.78, 5) is 0. The second-order valence-electron chi connectivity index (χ2n) is 7.24. The molecule has 0 aromatic carbocycles. The van der Waals surface area contributed by atoms with Crippen LogP contribution >= 0.6 is 0 Å². The van der Waals surface area contributed by atoms with Gasteiger partial charge in [0.15, 0.2) is 0 Å². The largest absolute Gasteiger partial charge is 0.0739 e. The van der Waals surface area contributed by atoms with Crippen LogP contribution in [-0.4, -0.2) is 7.85 Å². The van der Waals surface area contributed by atoms with Gasteiger partial charge in [-0.3, -0.25) is 0 Å². The second-order valence-corrected chi connectivity index (χ2v) is 7.24. The van der Waals surface area contributed by atoms with Crippen LogP contribution < -0.4 is 0 Å². The highest BCUT2D eigenvalue weighted by atomic mass is 14.4.